The molecule has 29 heavy (non-hydrogen) atoms. The van der Waals surface area contributed by atoms with Gasteiger partial charge in [-0.1, -0.05) is 35.3 Å². The van der Waals surface area contributed by atoms with Gasteiger partial charge in [0.15, 0.2) is 0 Å². The lowest BCUT2D eigenvalue weighted by atomic mass is 10.2. The van der Waals surface area contributed by atoms with E-state index in [2.05, 4.69) is 0 Å². The van der Waals surface area contributed by atoms with Gasteiger partial charge in [-0.3, -0.25) is 4.72 Å². The van der Waals surface area contributed by atoms with Crippen molar-refractivity contribution in [3.05, 3.63) is 82.1 Å². The molecule has 0 atom stereocenters. The van der Waals surface area contributed by atoms with E-state index in [9.17, 15) is 22.7 Å². The van der Waals surface area contributed by atoms with Gasteiger partial charge in [-0.25, -0.2) is 17.6 Å². The van der Waals surface area contributed by atoms with Crippen molar-refractivity contribution < 1.29 is 27.4 Å². The van der Waals surface area contributed by atoms with E-state index in [-0.39, 0.29) is 9.92 Å². The lowest BCUT2D eigenvalue weighted by Gasteiger charge is -2.13. The number of sulfonamides is 1. The molecule has 10 heteroatoms. The van der Waals surface area contributed by atoms with Gasteiger partial charge >= 0.3 is 5.97 Å². The van der Waals surface area contributed by atoms with E-state index in [0.717, 1.165) is 12.1 Å². The normalized spacial score (nSPS) is 11.1. The standard InChI is InChI=1S/C19H12Cl2FNO5S/c20-11-9-14(19(24)25)18(16(22)10-11)23-29(26,27)13-7-5-12(6-8-13)28-17-4-2-1-3-15(17)21/h1-10,23H,(H,24,25). The number of aromatic carboxylic acids is 1. The maximum atomic E-state index is 14.2. The van der Waals surface area contributed by atoms with Crippen LogP contribution in [0.4, 0.5) is 10.1 Å². The van der Waals surface area contributed by atoms with E-state index < -0.39 is 33.1 Å². The molecule has 0 saturated carbocycles. The average molecular weight is 456 g/mol. The van der Waals surface area contributed by atoms with E-state index >= 15 is 0 Å². The van der Waals surface area contributed by atoms with E-state index in [1.807, 2.05) is 4.72 Å². The van der Waals surface area contributed by atoms with Crippen molar-refractivity contribution in [3.63, 3.8) is 0 Å². The molecule has 0 aliphatic carbocycles. The first kappa shape index (κ1) is 20.9. The van der Waals surface area contributed by atoms with Crippen molar-refractivity contribution in [1.82, 2.24) is 0 Å². The average Bonchev–Trinajstić information content (AvgIpc) is 2.66. The summed E-state index contributed by atoms with van der Waals surface area (Å²) in [6.07, 6.45) is 0. The van der Waals surface area contributed by atoms with Crippen molar-refractivity contribution in [2.24, 2.45) is 0 Å². The largest absolute Gasteiger partial charge is 0.478 e. The summed E-state index contributed by atoms with van der Waals surface area (Å²) >= 11 is 11.7. The van der Waals surface area contributed by atoms with Crippen LogP contribution in [0.15, 0.2) is 65.6 Å². The Morgan fingerprint density at radius 1 is 1.03 bits per heavy atom. The molecule has 3 aromatic carbocycles. The summed E-state index contributed by atoms with van der Waals surface area (Å²) in [4.78, 5) is 11.1. The van der Waals surface area contributed by atoms with Crippen LogP contribution in [0.2, 0.25) is 10.0 Å². The van der Waals surface area contributed by atoms with Gasteiger partial charge in [-0.15, -0.1) is 0 Å². The SMILES string of the molecule is O=C(O)c1cc(Cl)cc(F)c1NS(=O)(=O)c1ccc(Oc2ccccc2Cl)cc1. The molecular formula is C19H12Cl2FNO5S. The number of carbonyl (C=O) groups is 1. The van der Waals surface area contributed by atoms with Crippen LogP contribution in [0.5, 0.6) is 11.5 Å². The molecule has 0 amide bonds. The Bertz CT molecular complexity index is 1180. The second kappa shape index (κ2) is 8.28. The van der Waals surface area contributed by atoms with Crippen molar-refractivity contribution in [2.45, 2.75) is 4.90 Å². The number of hydrogen-bond donors (Lipinski definition) is 2. The Labute approximate surface area is 175 Å². The summed E-state index contributed by atoms with van der Waals surface area (Å²) in [5, 5.41) is 9.40. The van der Waals surface area contributed by atoms with Crippen molar-refractivity contribution in [2.75, 3.05) is 4.72 Å². The minimum atomic E-state index is -4.28. The van der Waals surface area contributed by atoms with Crippen molar-refractivity contribution in [3.8, 4) is 11.5 Å². The van der Waals surface area contributed by atoms with Gasteiger partial charge in [0.05, 0.1) is 21.2 Å². The molecule has 150 valence electrons. The van der Waals surface area contributed by atoms with Crippen LogP contribution in [-0.2, 0) is 10.0 Å². The van der Waals surface area contributed by atoms with Gasteiger partial charge in [-0.2, -0.15) is 0 Å². The summed E-state index contributed by atoms with van der Waals surface area (Å²) in [7, 11) is -4.28. The molecule has 0 heterocycles. The highest BCUT2D eigenvalue weighted by atomic mass is 35.5. The summed E-state index contributed by atoms with van der Waals surface area (Å²) < 4.78 is 46.8. The van der Waals surface area contributed by atoms with Gasteiger partial charge in [0.25, 0.3) is 10.0 Å². The van der Waals surface area contributed by atoms with Crippen molar-refractivity contribution >= 4 is 44.9 Å². The van der Waals surface area contributed by atoms with Crippen LogP contribution in [0.1, 0.15) is 10.4 Å². The molecule has 0 bridgehead atoms. The van der Waals surface area contributed by atoms with Crippen LogP contribution in [-0.4, -0.2) is 19.5 Å². The first-order chi connectivity index (χ1) is 13.7. The Morgan fingerprint density at radius 3 is 2.31 bits per heavy atom. The summed E-state index contributed by atoms with van der Waals surface area (Å²) in [5.74, 6) is -1.94. The highest BCUT2D eigenvalue weighted by molar-refractivity contribution is 7.92. The number of ether oxygens (including phenoxy) is 1. The molecular weight excluding hydrogens is 444 g/mol. The van der Waals surface area contributed by atoms with Crippen molar-refractivity contribution in [1.29, 1.82) is 0 Å². The van der Waals surface area contributed by atoms with Crippen LogP contribution in [0, 0.1) is 5.82 Å². The van der Waals surface area contributed by atoms with Gasteiger partial charge < -0.3 is 9.84 Å². The molecule has 2 N–H and O–H groups in total. The van der Waals surface area contributed by atoms with E-state index in [0.29, 0.717) is 16.5 Å². The maximum absolute atomic E-state index is 14.2. The molecule has 0 aliphatic heterocycles. The lowest BCUT2D eigenvalue weighted by Crippen LogP contribution is -2.17. The number of carboxylic acids is 1. The quantitative estimate of drug-likeness (QED) is 0.517. The predicted molar refractivity (Wildman–Crippen MR) is 107 cm³/mol. The number of rotatable bonds is 6. The molecule has 0 fully saturated rings. The van der Waals surface area contributed by atoms with Gasteiger partial charge in [0, 0.05) is 5.02 Å². The second-order valence-corrected chi connectivity index (χ2v) is 8.25. The fourth-order valence-corrected chi connectivity index (χ4v) is 3.85. The molecule has 3 aromatic rings. The number of halogens is 3. The summed E-state index contributed by atoms with van der Waals surface area (Å²) in [6.45, 7) is 0. The number of carboxylic acid groups (broad SMARTS) is 1. The third-order valence-electron chi connectivity index (χ3n) is 3.72. The van der Waals surface area contributed by atoms with Gasteiger partial charge in [-0.05, 0) is 48.5 Å². The zero-order valence-corrected chi connectivity index (χ0v) is 16.7. The monoisotopic (exact) mass is 455 g/mol. The lowest BCUT2D eigenvalue weighted by molar-refractivity contribution is 0.0697. The molecule has 0 spiro atoms. The number of para-hydroxylation sites is 1. The minimum Gasteiger partial charge on any atom is -0.478 e. The zero-order chi connectivity index (χ0) is 21.2. The smallest absolute Gasteiger partial charge is 0.337 e. The first-order valence-electron chi connectivity index (χ1n) is 7.95. The van der Waals surface area contributed by atoms with E-state index in [1.54, 1.807) is 24.3 Å². The fraction of sp³-hybridized carbons (Fsp3) is 0. The molecule has 0 aromatic heterocycles. The van der Waals surface area contributed by atoms with Crippen LogP contribution >= 0.6 is 23.2 Å². The van der Waals surface area contributed by atoms with Crippen LogP contribution in [0.3, 0.4) is 0 Å². The summed E-state index contributed by atoms with van der Waals surface area (Å²) in [5.41, 5.74) is -1.32. The van der Waals surface area contributed by atoms with Crippen LogP contribution in [0.25, 0.3) is 0 Å². The third kappa shape index (κ3) is 4.79. The molecule has 0 unspecified atom stereocenters. The highest BCUT2D eigenvalue weighted by Gasteiger charge is 2.22. The number of hydrogen-bond acceptors (Lipinski definition) is 4. The van der Waals surface area contributed by atoms with Crippen LogP contribution < -0.4 is 9.46 Å². The Balaban J connectivity index is 1.88. The number of nitrogens with one attached hydrogen (secondary N) is 1. The molecule has 6 nitrogen and oxygen atoms in total. The van der Waals surface area contributed by atoms with Gasteiger partial charge in [0.2, 0.25) is 0 Å². The predicted octanol–water partition coefficient (Wildman–Crippen LogP) is 5.42. The Hall–Kier alpha value is -2.81. The Kier molecular flexibility index (Phi) is 5.97. The van der Waals surface area contributed by atoms with E-state index in [4.69, 9.17) is 27.9 Å². The minimum absolute atomic E-state index is 0.177. The Morgan fingerprint density at radius 2 is 1.69 bits per heavy atom. The number of benzene rings is 3. The number of anilines is 1. The highest BCUT2D eigenvalue weighted by Crippen LogP contribution is 2.31. The fourth-order valence-electron chi connectivity index (χ4n) is 2.38. The molecule has 3 rings (SSSR count). The topological polar surface area (TPSA) is 92.7 Å². The maximum Gasteiger partial charge on any atom is 0.337 e. The molecule has 0 saturated heterocycles. The second-order valence-electron chi connectivity index (χ2n) is 5.72. The molecule has 0 radical (unpaired) electrons. The van der Waals surface area contributed by atoms with Gasteiger partial charge in [0.1, 0.15) is 17.3 Å². The third-order valence-corrected chi connectivity index (χ3v) is 5.62. The van der Waals surface area contributed by atoms with E-state index in [1.165, 1.54) is 24.3 Å². The zero-order valence-electron chi connectivity index (χ0n) is 14.4. The first-order valence-corrected chi connectivity index (χ1v) is 10.2. The molecule has 0 aliphatic rings. The summed E-state index contributed by atoms with van der Waals surface area (Å²) in [6, 6.07) is 13.7.